The highest BCUT2D eigenvalue weighted by molar-refractivity contribution is 7.99. The Labute approximate surface area is 181 Å². The zero-order valence-corrected chi connectivity index (χ0v) is 18.7. The first kappa shape index (κ1) is 23.7. The van der Waals surface area contributed by atoms with Gasteiger partial charge in [0.15, 0.2) is 11.0 Å². The lowest BCUT2D eigenvalue weighted by Crippen LogP contribution is -2.26. The van der Waals surface area contributed by atoms with E-state index in [1.54, 1.807) is 14.0 Å². The van der Waals surface area contributed by atoms with Gasteiger partial charge in [0.25, 0.3) is 0 Å². The maximum absolute atomic E-state index is 12.1. The Bertz CT molecular complexity index is 808. The molecular formula is C21H30N4O4S. The average Bonchev–Trinajstić information content (AvgIpc) is 3.16. The fraction of sp³-hybridized carbons (Fsp3) is 0.524. The maximum atomic E-state index is 12.1. The number of ether oxygens (including phenoxy) is 2. The van der Waals surface area contributed by atoms with Gasteiger partial charge in [0.05, 0.1) is 19.5 Å². The van der Waals surface area contributed by atoms with E-state index in [2.05, 4.69) is 27.0 Å². The van der Waals surface area contributed by atoms with E-state index in [4.69, 9.17) is 9.47 Å². The van der Waals surface area contributed by atoms with E-state index in [0.717, 1.165) is 41.7 Å². The molecule has 1 aromatic heterocycles. The first-order valence-corrected chi connectivity index (χ1v) is 11.2. The fourth-order valence-corrected chi connectivity index (χ4v) is 3.54. The van der Waals surface area contributed by atoms with E-state index >= 15 is 0 Å². The first-order chi connectivity index (χ1) is 14.6. The summed E-state index contributed by atoms with van der Waals surface area (Å²) in [4.78, 5) is 23.5. The molecule has 0 saturated heterocycles. The van der Waals surface area contributed by atoms with Crippen LogP contribution < -0.4 is 10.1 Å². The summed E-state index contributed by atoms with van der Waals surface area (Å²) in [5.74, 6) is 1.47. The maximum Gasteiger partial charge on any atom is 0.305 e. The molecule has 9 heteroatoms. The van der Waals surface area contributed by atoms with Gasteiger partial charge in [-0.05, 0) is 44.0 Å². The Morgan fingerprint density at radius 2 is 1.90 bits per heavy atom. The van der Waals surface area contributed by atoms with Crippen molar-refractivity contribution in [3.05, 3.63) is 24.3 Å². The Kier molecular flexibility index (Phi) is 10.2. The summed E-state index contributed by atoms with van der Waals surface area (Å²) in [6.07, 6.45) is 2.90. The van der Waals surface area contributed by atoms with Crippen molar-refractivity contribution in [1.82, 2.24) is 20.1 Å². The van der Waals surface area contributed by atoms with Crippen molar-refractivity contribution in [3.63, 3.8) is 0 Å². The molecule has 1 N–H and O–H groups in total. The van der Waals surface area contributed by atoms with Gasteiger partial charge in [0.2, 0.25) is 5.91 Å². The number of unbranched alkanes of at least 4 members (excludes halogenated alkanes) is 1. The highest BCUT2D eigenvalue weighted by Crippen LogP contribution is 2.26. The number of amides is 1. The van der Waals surface area contributed by atoms with Crippen LogP contribution in [0.5, 0.6) is 5.75 Å². The number of hydrogen-bond donors (Lipinski definition) is 1. The highest BCUT2D eigenvalue weighted by atomic mass is 32.2. The molecule has 0 bridgehead atoms. The number of nitrogens with zero attached hydrogens (tertiary/aromatic N) is 3. The number of esters is 1. The molecule has 0 aliphatic carbocycles. The molecule has 2 aromatic rings. The van der Waals surface area contributed by atoms with Crippen LogP contribution in [-0.4, -0.2) is 52.7 Å². The van der Waals surface area contributed by atoms with Crippen LogP contribution in [0, 0.1) is 0 Å². The number of nitrogens with one attached hydrogen (secondary N) is 1. The number of carbonyl (C=O) groups is 2. The predicted molar refractivity (Wildman–Crippen MR) is 117 cm³/mol. The number of rotatable bonds is 13. The van der Waals surface area contributed by atoms with Gasteiger partial charge >= 0.3 is 5.97 Å². The van der Waals surface area contributed by atoms with E-state index in [1.807, 2.05) is 24.3 Å². The van der Waals surface area contributed by atoms with E-state index in [0.29, 0.717) is 26.0 Å². The van der Waals surface area contributed by atoms with Gasteiger partial charge in [-0.2, -0.15) is 0 Å². The standard InChI is InChI=1S/C21H30N4O4S/c1-4-6-14-25-20(16-9-11-17(28-3)12-10-16)23-24-21(25)30-15-18(26)22-13-7-8-19(27)29-5-2/h9-12H,4-8,13-15H2,1-3H3,(H,22,26). The van der Waals surface area contributed by atoms with Crippen LogP contribution in [0.15, 0.2) is 29.4 Å². The van der Waals surface area contributed by atoms with E-state index < -0.39 is 0 Å². The smallest absolute Gasteiger partial charge is 0.305 e. The zero-order chi connectivity index (χ0) is 21.8. The molecule has 0 radical (unpaired) electrons. The average molecular weight is 435 g/mol. The van der Waals surface area contributed by atoms with E-state index in [9.17, 15) is 9.59 Å². The van der Waals surface area contributed by atoms with Crippen LogP contribution >= 0.6 is 11.8 Å². The van der Waals surface area contributed by atoms with Gasteiger partial charge in [-0.25, -0.2) is 0 Å². The summed E-state index contributed by atoms with van der Waals surface area (Å²) < 4.78 is 12.1. The molecule has 0 saturated carbocycles. The van der Waals surface area contributed by atoms with Gasteiger partial charge in [-0.1, -0.05) is 25.1 Å². The van der Waals surface area contributed by atoms with Crippen molar-refractivity contribution in [2.45, 2.75) is 51.2 Å². The minimum absolute atomic E-state index is 0.0973. The third-order valence-corrected chi connectivity index (χ3v) is 5.28. The van der Waals surface area contributed by atoms with Gasteiger partial charge < -0.3 is 19.4 Å². The fourth-order valence-electron chi connectivity index (χ4n) is 2.74. The Hall–Kier alpha value is -2.55. The monoisotopic (exact) mass is 434 g/mol. The highest BCUT2D eigenvalue weighted by Gasteiger charge is 2.15. The summed E-state index contributed by atoms with van der Waals surface area (Å²) in [5, 5.41) is 12.2. The number of thioether (sulfide) groups is 1. The van der Waals surface area contributed by atoms with Gasteiger partial charge in [0.1, 0.15) is 5.75 Å². The van der Waals surface area contributed by atoms with Crippen molar-refractivity contribution in [2.75, 3.05) is 26.0 Å². The number of hydrogen-bond acceptors (Lipinski definition) is 7. The number of benzene rings is 1. The van der Waals surface area contributed by atoms with Crippen molar-refractivity contribution in [2.24, 2.45) is 0 Å². The lowest BCUT2D eigenvalue weighted by molar-refractivity contribution is -0.143. The summed E-state index contributed by atoms with van der Waals surface area (Å²) in [5.41, 5.74) is 0.953. The third kappa shape index (κ3) is 7.37. The molecule has 0 aliphatic heterocycles. The molecule has 1 amide bonds. The molecule has 30 heavy (non-hydrogen) atoms. The molecule has 1 heterocycles. The molecule has 1 aromatic carbocycles. The molecule has 0 atom stereocenters. The van der Waals surface area contributed by atoms with Crippen molar-refractivity contribution in [3.8, 4) is 17.1 Å². The topological polar surface area (TPSA) is 95.3 Å². The summed E-state index contributed by atoms with van der Waals surface area (Å²) in [6, 6.07) is 7.70. The van der Waals surface area contributed by atoms with Gasteiger partial charge in [-0.3, -0.25) is 9.59 Å². The largest absolute Gasteiger partial charge is 0.497 e. The van der Waals surface area contributed by atoms with Crippen molar-refractivity contribution in [1.29, 1.82) is 0 Å². The van der Waals surface area contributed by atoms with Crippen LogP contribution in [0.25, 0.3) is 11.4 Å². The Morgan fingerprint density at radius 1 is 1.13 bits per heavy atom. The second kappa shape index (κ2) is 12.9. The molecule has 0 aliphatic rings. The normalized spacial score (nSPS) is 10.6. The van der Waals surface area contributed by atoms with E-state index in [1.165, 1.54) is 11.8 Å². The second-order valence-corrected chi connectivity index (χ2v) is 7.53. The number of aromatic nitrogens is 3. The second-order valence-electron chi connectivity index (χ2n) is 6.59. The number of carbonyl (C=O) groups excluding carboxylic acids is 2. The first-order valence-electron chi connectivity index (χ1n) is 10.2. The van der Waals surface area contributed by atoms with Crippen LogP contribution in [0.1, 0.15) is 39.5 Å². The van der Waals surface area contributed by atoms with Gasteiger partial charge in [0, 0.05) is 25.1 Å². The lowest BCUT2D eigenvalue weighted by Gasteiger charge is -2.10. The minimum Gasteiger partial charge on any atom is -0.497 e. The molecule has 2 rings (SSSR count). The summed E-state index contributed by atoms with van der Waals surface area (Å²) in [7, 11) is 1.63. The van der Waals surface area contributed by atoms with Crippen LogP contribution in [-0.2, 0) is 20.9 Å². The Morgan fingerprint density at radius 3 is 2.57 bits per heavy atom. The molecular weight excluding hydrogens is 404 g/mol. The van der Waals surface area contributed by atoms with Crippen molar-refractivity contribution >= 4 is 23.6 Å². The predicted octanol–water partition coefficient (Wildman–Crippen LogP) is 3.31. The number of methoxy groups -OCH3 is 1. The molecule has 164 valence electrons. The van der Waals surface area contributed by atoms with Crippen molar-refractivity contribution < 1.29 is 19.1 Å². The van der Waals surface area contributed by atoms with Crippen LogP contribution in [0.2, 0.25) is 0 Å². The van der Waals surface area contributed by atoms with Crippen LogP contribution in [0.4, 0.5) is 0 Å². The molecule has 0 fully saturated rings. The SMILES string of the molecule is CCCCn1c(SCC(=O)NCCCC(=O)OCC)nnc1-c1ccc(OC)cc1. The molecule has 0 unspecified atom stereocenters. The van der Waals surface area contributed by atoms with Gasteiger partial charge in [-0.15, -0.1) is 10.2 Å². The quantitative estimate of drug-likeness (QED) is 0.294. The molecule has 8 nitrogen and oxygen atoms in total. The Balaban J connectivity index is 1.93. The summed E-state index contributed by atoms with van der Waals surface area (Å²) in [6.45, 7) is 5.51. The minimum atomic E-state index is -0.240. The van der Waals surface area contributed by atoms with E-state index in [-0.39, 0.29) is 17.6 Å². The zero-order valence-electron chi connectivity index (χ0n) is 17.8. The lowest BCUT2D eigenvalue weighted by atomic mass is 10.2. The summed E-state index contributed by atoms with van der Waals surface area (Å²) >= 11 is 1.36. The molecule has 0 spiro atoms. The van der Waals surface area contributed by atoms with Crippen LogP contribution in [0.3, 0.4) is 0 Å². The third-order valence-electron chi connectivity index (χ3n) is 4.32.